The third-order valence-corrected chi connectivity index (χ3v) is 3.32. The lowest BCUT2D eigenvalue weighted by molar-refractivity contribution is 0.169. The maximum atomic E-state index is 8.86. The van der Waals surface area contributed by atoms with E-state index in [0.717, 1.165) is 34.4 Å². The molecule has 2 rings (SSSR count). The molecule has 0 spiro atoms. The summed E-state index contributed by atoms with van der Waals surface area (Å²) in [5.41, 5.74) is 2.32. The molecule has 1 aliphatic heterocycles. The number of aliphatic hydroxyl groups excluding tert-OH is 1. The number of halogens is 1. The predicted molar refractivity (Wildman–Crippen MR) is 65.3 cm³/mol. The quantitative estimate of drug-likeness (QED) is 0.928. The number of aliphatic hydroxyl groups is 1. The average Bonchev–Trinajstić information content (AvgIpc) is 2.32. The molecule has 0 aliphatic carbocycles. The molecular formula is C12H15BrO3. The van der Waals surface area contributed by atoms with Gasteiger partial charge in [-0.1, -0.05) is 0 Å². The third-order valence-electron chi connectivity index (χ3n) is 2.73. The van der Waals surface area contributed by atoms with Crippen molar-refractivity contribution >= 4 is 15.9 Å². The van der Waals surface area contributed by atoms with Gasteiger partial charge in [0.15, 0.2) is 11.5 Å². The fourth-order valence-corrected chi connectivity index (χ4v) is 2.45. The molecule has 0 amide bonds. The maximum Gasteiger partial charge on any atom is 0.175 e. The Morgan fingerprint density at radius 2 is 2.00 bits per heavy atom. The van der Waals surface area contributed by atoms with E-state index in [1.807, 2.05) is 6.92 Å². The summed E-state index contributed by atoms with van der Waals surface area (Å²) in [5.74, 6) is 1.64. The lowest BCUT2D eigenvalue weighted by atomic mass is 10.0. The first-order chi connectivity index (χ1) is 7.74. The summed E-state index contributed by atoms with van der Waals surface area (Å²) in [6, 6.07) is 2.05. The first kappa shape index (κ1) is 11.7. The minimum Gasteiger partial charge on any atom is -0.486 e. The Morgan fingerprint density at radius 1 is 1.31 bits per heavy atom. The molecule has 16 heavy (non-hydrogen) atoms. The topological polar surface area (TPSA) is 38.7 Å². The van der Waals surface area contributed by atoms with Crippen molar-refractivity contribution in [2.45, 2.75) is 19.8 Å². The highest BCUT2D eigenvalue weighted by Crippen LogP contribution is 2.42. The van der Waals surface area contributed by atoms with Crippen LogP contribution < -0.4 is 9.47 Å². The fraction of sp³-hybridized carbons (Fsp3) is 0.500. The molecule has 1 N–H and O–H groups in total. The van der Waals surface area contributed by atoms with Crippen LogP contribution in [0.15, 0.2) is 10.5 Å². The molecule has 1 aromatic rings. The summed E-state index contributed by atoms with van der Waals surface area (Å²) in [6.45, 7) is 3.45. The van der Waals surface area contributed by atoms with E-state index in [0.29, 0.717) is 13.2 Å². The molecular weight excluding hydrogens is 272 g/mol. The number of fused-ring (bicyclic) bond motifs is 1. The molecule has 0 aromatic heterocycles. The van der Waals surface area contributed by atoms with Gasteiger partial charge in [-0.05, 0) is 52.9 Å². The van der Waals surface area contributed by atoms with Crippen molar-refractivity contribution in [1.82, 2.24) is 0 Å². The Kier molecular flexibility index (Phi) is 3.71. The molecule has 0 radical (unpaired) electrons. The zero-order chi connectivity index (χ0) is 11.5. The van der Waals surface area contributed by atoms with Gasteiger partial charge in [0.25, 0.3) is 0 Å². The molecule has 88 valence electrons. The van der Waals surface area contributed by atoms with Crippen molar-refractivity contribution in [2.24, 2.45) is 0 Å². The molecule has 1 aliphatic rings. The van der Waals surface area contributed by atoms with Crippen LogP contribution in [0.4, 0.5) is 0 Å². The lowest BCUT2D eigenvalue weighted by Gasteiger charge is -2.23. The van der Waals surface area contributed by atoms with Gasteiger partial charge >= 0.3 is 0 Å². The highest BCUT2D eigenvalue weighted by Gasteiger charge is 2.19. The van der Waals surface area contributed by atoms with Crippen LogP contribution in [0.1, 0.15) is 17.5 Å². The summed E-state index contributed by atoms with van der Waals surface area (Å²) in [5, 5.41) is 8.86. The SMILES string of the molecule is Cc1c(CCCO)cc(Br)c2c1OCCO2. The molecule has 0 saturated carbocycles. The van der Waals surface area contributed by atoms with Gasteiger partial charge in [0.1, 0.15) is 13.2 Å². The Morgan fingerprint density at radius 3 is 2.69 bits per heavy atom. The maximum absolute atomic E-state index is 8.86. The first-order valence-corrected chi connectivity index (χ1v) is 6.21. The highest BCUT2D eigenvalue weighted by atomic mass is 79.9. The number of hydrogen-bond donors (Lipinski definition) is 1. The van der Waals surface area contributed by atoms with Crippen LogP contribution in [0, 0.1) is 6.92 Å². The second-order valence-electron chi connectivity index (χ2n) is 3.82. The van der Waals surface area contributed by atoms with E-state index in [1.54, 1.807) is 0 Å². The van der Waals surface area contributed by atoms with Crippen molar-refractivity contribution in [1.29, 1.82) is 0 Å². The molecule has 1 heterocycles. The second kappa shape index (κ2) is 5.06. The van der Waals surface area contributed by atoms with E-state index in [4.69, 9.17) is 14.6 Å². The Balaban J connectivity index is 2.37. The number of rotatable bonds is 3. The van der Waals surface area contributed by atoms with Crippen LogP contribution in [0.25, 0.3) is 0 Å². The summed E-state index contributed by atoms with van der Waals surface area (Å²) < 4.78 is 12.1. The van der Waals surface area contributed by atoms with Gasteiger partial charge < -0.3 is 14.6 Å². The standard InChI is InChI=1S/C12H15BrO3/c1-8-9(3-2-4-14)7-10(13)12-11(8)15-5-6-16-12/h7,14H,2-6H2,1H3. The van der Waals surface area contributed by atoms with Crippen LogP contribution in [0.2, 0.25) is 0 Å². The van der Waals surface area contributed by atoms with Gasteiger partial charge in [-0.2, -0.15) is 0 Å². The largest absolute Gasteiger partial charge is 0.486 e. The highest BCUT2D eigenvalue weighted by molar-refractivity contribution is 9.10. The minimum absolute atomic E-state index is 0.214. The molecule has 0 bridgehead atoms. The Bertz CT molecular complexity index is 390. The van der Waals surface area contributed by atoms with E-state index in [9.17, 15) is 0 Å². The van der Waals surface area contributed by atoms with E-state index in [1.165, 1.54) is 5.56 Å². The van der Waals surface area contributed by atoms with Gasteiger partial charge in [-0.3, -0.25) is 0 Å². The van der Waals surface area contributed by atoms with E-state index >= 15 is 0 Å². The van der Waals surface area contributed by atoms with E-state index in [2.05, 4.69) is 22.0 Å². The van der Waals surface area contributed by atoms with E-state index < -0.39 is 0 Å². The second-order valence-corrected chi connectivity index (χ2v) is 4.68. The monoisotopic (exact) mass is 286 g/mol. The van der Waals surface area contributed by atoms with Crippen LogP contribution in [0.5, 0.6) is 11.5 Å². The average molecular weight is 287 g/mol. The first-order valence-electron chi connectivity index (χ1n) is 5.42. The van der Waals surface area contributed by atoms with Crippen molar-refractivity contribution in [3.8, 4) is 11.5 Å². The number of benzene rings is 1. The van der Waals surface area contributed by atoms with Gasteiger partial charge in [0.05, 0.1) is 4.47 Å². The van der Waals surface area contributed by atoms with Crippen molar-refractivity contribution < 1.29 is 14.6 Å². The predicted octanol–water partition coefficient (Wildman–Crippen LogP) is 2.45. The molecule has 0 saturated heterocycles. The van der Waals surface area contributed by atoms with Gasteiger partial charge in [0.2, 0.25) is 0 Å². The summed E-state index contributed by atoms with van der Waals surface area (Å²) >= 11 is 3.49. The third kappa shape index (κ3) is 2.18. The van der Waals surface area contributed by atoms with Crippen molar-refractivity contribution in [3.05, 3.63) is 21.7 Å². The smallest absolute Gasteiger partial charge is 0.175 e. The normalized spacial score (nSPS) is 13.9. The van der Waals surface area contributed by atoms with Crippen molar-refractivity contribution in [2.75, 3.05) is 19.8 Å². The van der Waals surface area contributed by atoms with Gasteiger partial charge in [-0.25, -0.2) is 0 Å². The van der Waals surface area contributed by atoms with Gasteiger partial charge in [-0.15, -0.1) is 0 Å². The summed E-state index contributed by atoms with van der Waals surface area (Å²) in [6.07, 6.45) is 1.63. The number of ether oxygens (including phenoxy) is 2. The Hall–Kier alpha value is -0.740. The Labute approximate surface area is 104 Å². The molecule has 0 unspecified atom stereocenters. The fourth-order valence-electron chi connectivity index (χ4n) is 1.88. The molecule has 0 fully saturated rings. The van der Waals surface area contributed by atoms with Crippen LogP contribution >= 0.6 is 15.9 Å². The molecule has 3 nitrogen and oxygen atoms in total. The van der Waals surface area contributed by atoms with Crippen LogP contribution in [-0.2, 0) is 6.42 Å². The van der Waals surface area contributed by atoms with Crippen LogP contribution in [-0.4, -0.2) is 24.9 Å². The zero-order valence-corrected chi connectivity index (χ0v) is 10.8. The molecule has 1 aromatic carbocycles. The van der Waals surface area contributed by atoms with Gasteiger partial charge in [0, 0.05) is 6.61 Å². The summed E-state index contributed by atoms with van der Waals surface area (Å²) in [7, 11) is 0. The molecule has 0 atom stereocenters. The molecule has 4 heteroatoms. The zero-order valence-electron chi connectivity index (χ0n) is 9.25. The van der Waals surface area contributed by atoms with Crippen molar-refractivity contribution in [3.63, 3.8) is 0 Å². The minimum atomic E-state index is 0.214. The number of aryl methyl sites for hydroxylation is 1. The number of hydrogen-bond acceptors (Lipinski definition) is 3. The lowest BCUT2D eigenvalue weighted by Crippen LogP contribution is -2.17. The van der Waals surface area contributed by atoms with E-state index in [-0.39, 0.29) is 6.61 Å². The van der Waals surface area contributed by atoms with Crippen LogP contribution in [0.3, 0.4) is 0 Å². The summed E-state index contributed by atoms with van der Waals surface area (Å²) in [4.78, 5) is 0.